The Morgan fingerprint density at radius 2 is 1.76 bits per heavy atom. The summed E-state index contributed by atoms with van der Waals surface area (Å²) < 4.78 is 0. The molecule has 2 amide bonds. The number of aliphatic imine (C=N–C) groups is 1. The van der Waals surface area contributed by atoms with Crippen LogP contribution in [0.2, 0.25) is 0 Å². The predicted octanol–water partition coefficient (Wildman–Crippen LogP) is 1.90. The molecule has 1 aromatic carbocycles. The monoisotopic (exact) mass is 392 g/mol. The van der Waals surface area contributed by atoms with E-state index in [4.69, 9.17) is 0 Å². The van der Waals surface area contributed by atoms with Crippen LogP contribution in [0.1, 0.15) is 31.2 Å². The van der Waals surface area contributed by atoms with E-state index in [9.17, 15) is 9.59 Å². The van der Waals surface area contributed by atoms with Crippen molar-refractivity contribution in [1.82, 2.24) is 15.5 Å². The number of nitrogens with one attached hydrogen (secondary N) is 2. The minimum absolute atomic E-state index is 0.0105. The Morgan fingerprint density at radius 1 is 1.07 bits per heavy atom. The highest BCUT2D eigenvalue weighted by molar-refractivity contribution is 6.06. The van der Waals surface area contributed by atoms with Crippen LogP contribution >= 0.6 is 0 Å². The van der Waals surface area contributed by atoms with Crippen molar-refractivity contribution in [2.75, 3.05) is 19.6 Å². The molecule has 6 heteroatoms. The van der Waals surface area contributed by atoms with E-state index >= 15 is 0 Å². The van der Waals surface area contributed by atoms with Crippen molar-refractivity contribution in [3.63, 3.8) is 0 Å². The molecule has 2 N–H and O–H groups in total. The summed E-state index contributed by atoms with van der Waals surface area (Å²) in [6, 6.07) is 10.9. The highest BCUT2D eigenvalue weighted by atomic mass is 16.2. The molecule has 0 aromatic heterocycles. The van der Waals surface area contributed by atoms with E-state index in [1.165, 1.54) is 10.5 Å². The van der Waals surface area contributed by atoms with Crippen molar-refractivity contribution in [2.24, 2.45) is 28.7 Å². The van der Waals surface area contributed by atoms with Crippen molar-refractivity contribution < 1.29 is 9.59 Å². The molecule has 3 fully saturated rings. The van der Waals surface area contributed by atoms with E-state index < -0.39 is 0 Å². The number of carbonyl (C=O) groups excluding carboxylic acids is 2. The van der Waals surface area contributed by atoms with E-state index in [2.05, 4.69) is 52.0 Å². The Hall–Kier alpha value is -2.63. The number of rotatable bonds is 6. The van der Waals surface area contributed by atoms with Crippen LogP contribution in [0.3, 0.4) is 0 Å². The van der Waals surface area contributed by atoms with E-state index in [0.717, 1.165) is 25.3 Å². The first kappa shape index (κ1) is 18.4. The predicted molar refractivity (Wildman–Crippen MR) is 111 cm³/mol. The average Bonchev–Trinajstić information content (AvgIpc) is 3.06. The lowest BCUT2D eigenvalue weighted by molar-refractivity contribution is -0.140. The van der Waals surface area contributed by atoms with Gasteiger partial charge in [0, 0.05) is 25.0 Å². The maximum atomic E-state index is 12.8. The number of imide groups is 1. The summed E-state index contributed by atoms with van der Waals surface area (Å²) in [7, 11) is 0. The molecule has 2 bridgehead atoms. The summed E-state index contributed by atoms with van der Waals surface area (Å²) in [5.41, 5.74) is 1.35. The van der Waals surface area contributed by atoms with Gasteiger partial charge in [-0.05, 0) is 37.2 Å². The van der Waals surface area contributed by atoms with Gasteiger partial charge in [-0.3, -0.25) is 19.5 Å². The first-order chi connectivity index (χ1) is 14.2. The fourth-order valence-electron chi connectivity index (χ4n) is 5.37. The van der Waals surface area contributed by atoms with Crippen molar-refractivity contribution in [3.05, 3.63) is 48.0 Å². The molecular formula is C23H28N4O2. The molecule has 6 atom stereocenters. The van der Waals surface area contributed by atoms with Crippen LogP contribution in [-0.2, 0) is 9.59 Å². The molecule has 1 heterocycles. The molecule has 5 rings (SSSR count). The minimum Gasteiger partial charge on any atom is -0.357 e. The van der Waals surface area contributed by atoms with Crippen LogP contribution in [0, 0.1) is 23.7 Å². The van der Waals surface area contributed by atoms with Gasteiger partial charge in [-0.2, -0.15) is 0 Å². The third-order valence-corrected chi connectivity index (χ3v) is 6.84. The van der Waals surface area contributed by atoms with Crippen molar-refractivity contribution in [1.29, 1.82) is 0 Å². The third-order valence-electron chi connectivity index (χ3n) is 6.84. The van der Waals surface area contributed by atoms with Crippen LogP contribution < -0.4 is 10.6 Å². The smallest absolute Gasteiger partial charge is 0.233 e. The molecular weight excluding hydrogens is 364 g/mol. The molecule has 2 saturated carbocycles. The number of guanidine groups is 1. The second kappa shape index (κ2) is 7.32. The Kier molecular flexibility index (Phi) is 4.64. The number of likely N-dealkylation sites (tertiary alicyclic amines) is 1. The molecule has 6 nitrogen and oxygen atoms in total. The molecule has 1 aliphatic heterocycles. The van der Waals surface area contributed by atoms with Gasteiger partial charge in [0.2, 0.25) is 11.8 Å². The molecule has 0 radical (unpaired) electrons. The van der Waals surface area contributed by atoms with E-state index in [0.29, 0.717) is 25.0 Å². The number of nitrogens with zero attached hydrogens (tertiary/aromatic N) is 2. The number of hydrogen-bond acceptors (Lipinski definition) is 3. The standard InChI is InChI=1S/C23H28N4O2/c1-2-24-23(26-18-13-17(18)14-6-4-3-5-7-14)25-10-11-27-21(28)19-15-8-9-16(12-15)20(19)22(27)29/h3-9,15-20H,2,10-13H2,1H3,(H2,24,25,26). The van der Waals surface area contributed by atoms with Gasteiger partial charge in [-0.15, -0.1) is 0 Å². The van der Waals surface area contributed by atoms with Crippen LogP contribution in [0.15, 0.2) is 47.5 Å². The number of benzene rings is 1. The molecule has 1 aromatic rings. The summed E-state index contributed by atoms with van der Waals surface area (Å²) in [5.74, 6) is 1.59. The number of allylic oxidation sites excluding steroid dienone is 2. The molecule has 0 spiro atoms. The highest BCUT2D eigenvalue weighted by Crippen LogP contribution is 2.52. The van der Waals surface area contributed by atoms with Crippen molar-refractivity contribution in [3.8, 4) is 0 Å². The zero-order valence-electron chi connectivity index (χ0n) is 16.8. The van der Waals surface area contributed by atoms with Gasteiger partial charge < -0.3 is 10.6 Å². The first-order valence-corrected chi connectivity index (χ1v) is 10.8. The van der Waals surface area contributed by atoms with Crippen LogP contribution in [0.4, 0.5) is 0 Å². The van der Waals surface area contributed by atoms with Crippen LogP contribution in [-0.4, -0.2) is 48.3 Å². The third kappa shape index (κ3) is 3.24. The minimum atomic E-state index is -0.120. The average molecular weight is 393 g/mol. The lowest BCUT2D eigenvalue weighted by Crippen LogP contribution is -2.40. The highest BCUT2D eigenvalue weighted by Gasteiger charge is 2.58. The largest absolute Gasteiger partial charge is 0.357 e. The van der Waals surface area contributed by atoms with Gasteiger partial charge in [0.05, 0.1) is 18.4 Å². The summed E-state index contributed by atoms with van der Waals surface area (Å²) in [5, 5.41) is 6.77. The second-order valence-electron chi connectivity index (χ2n) is 8.59. The Bertz CT molecular complexity index is 835. The summed E-state index contributed by atoms with van der Waals surface area (Å²) in [6.07, 6.45) is 6.32. The maximum absolute atomic E-state index is 12.8. The molecule has 3 aliphatic carbocycles. The van der Waals surface area contributed by atoms with Crippen LogP contribution in [0.25, 0.3) is 0 Å². The molecule has 29 heavy (non-hydrogen) atoms. The van der Waals surface area contributed by atoms with Crippen molar-refractivity contribution in [2.45, 2.75) is 31.7 Å². The number of fused-ring (bicyclic) bond motifs is 5. The molecule has 152 valence electrons. The maximum Gasteiger partial charge on any atom is 0.233 e. The molecule has 6 unspecified atom stereocenters. The van der Waals surface area contributed by atoms with Crippen molar-refractivity contribution >= 4 is 17.8 Å². The van der Waals surface area contributed by atoms with Gasteiger partial charge in [-0.25, -0.2) is 0 Å². The topological polar surface area (TPSA) is 73.8 Å². The Morgan fingerprint density at radius 3 is 2.41 bits per heavy atom. The SMILES string of the molecule is CCNC(=NCCN1C(=O)C2C3C=CC(C3)C2C1=O)NC1CC1c1ccccc1. The lowest BCUT2D eigenvalue weighted by Gasteiger charge is -2.17. The second-order valence-corrected chi connectivity index (χ2v) is 8.59. The summed E-state index contributed by atoms with van der Waals surface area (Å²) in [4.78, 5) is 31.6. The lowest BCUT2D eigenvalue weighted by atomic mass is 9.85. The number of hydrogen-bond donors (Lipinski definition) is 2. The van der Waals surface area contributed by atoms with Crippen LogP contribution in [0.5, 0.6) is 0 Å². The van der Waals surface area contributed by atoms with Gasteiger partial charge in [-0.1, -0.05) is 42.5 Å². The van der Waals surface area contributed by atoms with Gasteiger partial charge in [0.25, 0.3) is 0 Å². The van der Waals surface area contributed by atoms with E-state index in [1.54, 1.807) is 0 Å². The molecule has 4 aliphatic rings. The fraction of sp³-hybridized carbons (Fsp3) is 0.522. The first-order valence-electron chi connectivity index (χ1n) is 10.8. The quantitative estimate of drug-likeness (QED) is 0.336. The fourth-order valence-corrected chi connectivity index (χ4v) is 5.37. The van der Waals surface area contributed by atoms with E-state index in [-0.39, 0.29) is 35.5 Å². The zero-order valence-corrected chi connectivity index (χ0v) is 16.8. The number of amides is 2. The van der Waals surface area contributed by atoms with E-state index in [1.807, 2.05) is 13.0 Å². The number of carbonyl (C=O) groups is 2. The summed E-state index contributed by atoms with van der Waals surface area (Å²) in [6.45, 7) is 3.61. The molecule has 1 saturated heterocycles. The van der Waals surface area contributed by atoms with Gasteiger partial charge in [0.1, 0.15) is 0 Å². The zero-order chi connectivity index (χ0) is 20.0. The Labute approximate surface area is 171 Å². The summed E-state index contributed by atoms with van der Waals surface area (Å²) >= 11 is 0. The Balaban J connectivity index is 1.18. The normalized spacial score (nSPS) is 34.7. The van der Waals surface area contributed by atoms with Gasteiger partial charge >= 0.3 is 0 Å². The van der Waals surface area contributed by atoms with Gasteiger partial charge in [0.15, 0.2) is 5.96 Å².